The van der Waals surface area contributed by atoms with Gasteiger partial charge >= 0.3 is 0 Å². The van der Waals surface area contributed by atoms with Gasteiger partial charge in [0.05, 0.1) is 10.4 Å². The number of hydrogen-bond acceptors (Lipinski definition) is 3. The molecule has 0 unspecified atom stereocenters. The summed E-state index contributed by atoms with van der Waals surface area (Å²) in [6.07, 6.45) is 1.35. The molecule has 0 radical (unpaired) electrons. The molecule has 4 aromatic rings. The van der Waals surface area contributed by atoms with Gasteiger partial charge in [-0.2, -0.15) is 0 Å². The maximum Gasteiger partial charge on any atom is 0.211 e. The first-order valence-electron chi connectivity index (χ1n) is 9.05. The largest absolute Gasteiger partial charge is 0.341 e. The van der Waals surface area contributed by atoms with E-state index in [1.54, 1.807) is 16.7 Å². The maximum absolute atomic E-state index is 13.9. The SMILES string of the molecule is Cc1ccc(S(=O)(=O)c2cn(Cc3ccccc3)c3ccc(F)cc3c2=O)cc1. The van der Waals surface area contributed by atoms with Crippen LogP contribution in [-0.2, 0) is 16.4 Å². The van der Waals surface area contributed by atoms with Crippen LogP contribution in [0.2, 0.25) is 0 Å². The Labute approximate surface area is 167 Å². The third kappa shape index (κ3) is 3.59. The monoisotopic (exact) mass is 407 g/mol. The molecule has 0 amide bonds. The first kappa shape index (κ1) is 19.1. The molecule has 0 fully saturated rings. The van der Waals surface area contributed by atoms with Crippen molar-refractivity contribution in [2.45, 2.75) is 23.3 Å². The Morgan fingerprint density at radius 1 is 0.931 bits per heavy atom. The molecule has 0 aliphatic rings. The van der Waals surface area contributed by atoms with Crippen LogP contribution >= 0.6 is 0 Å². The molecule has 4 rings (SSSR count). The highest BCUT2D eigenvalue weighted by atomic mass is 32.2. The van der Waals surface area contributed by atoms with Gasteiger partial charge in [-0.15, -0.1) is 0 Å². The van der Waals surface area contributed by atoms with Crippen molar-refractivity contribution in [3.8, 4) is 0 Å². The molecule has 0 aliphatic heterocycles. The Hall–Kier alpha value is -3.25. The molecule has 6 heteroatoms. The molecule has 0 N–H and O–H groups in total. The van der Waals surface area contributed by atoms with Crippen LogP contribution in [0.4, 0.5) is 4.39 Å². The number of halogens is 1. The van der Waals surface area contributed by atoms with Gasteiger partial charge in [-0.1, -0.05) is 48.0 Å². The Morgan fingerprint density at radius 2 is 1.62 bits per heavy atom. The molecule has 4 nitrogen and oxygen atoms in total. The van der Waals surface area contributed by atoms with Gasteiger partial charge in [0.15, 0.2) is 0 Å². The first-order chi connectivity index (χ1) is 13.9. The van der Waals surface area contributed by atoms with E-state index in [4.69, 9.17) is 0 Å². The van der Waals surface area contributed by atoms with E-state index in [0.717, 1.165) is 17.2 Å². The average molecular weight is 407 g/mol. The molecule has 1 aromatic heterocycles. The van der Waals surface area contributed by atoms with E-state index in [0.29, 0.717) is 12.1 Å². The van der Waals surface area contributed by atoms with Crippen LogP contribution in [-0.4, -0.2) is 13.0 Å². The van der Waals surface area contributed by atoms with Crippen molar-refractivity contribution in [3.63, 3.8) is 0 Å². The van der Waals surface area contributed by atoms with Crippen molar-refractivity contribution < 1.29 is 12.8 Å². The maximum atomic E-state index is 13.9. The summed E-state index contributed by atoms with van der Waals surface area (Å²) in [7, 11) is -4.06. The molecule has 3 aromatic carbocycles. The van der Waals surface area contributed by atoms with Crippen LogP contribution in [0.15, 0.2) is 93.6 Å². The number of aromatic nitrogens is 1. The average Bonchev–Trinajstić information content (AvgIpc) is 2.71. The lowest BCUT2D eigenvalue weighted by molar-refractivity contribution is 0.593. The summed E-state index contributed by atoms with van der Waals surface area (Å²) in [4.78, 5) is 12.7. The second-order valence-corrected chi connectivity index (χ2v) is 8.83. The summed E-state index contributed by atoms with van der Waals surface area (Å²) in [6.45, 7) is 2.20. The molecule has 0 aliphatic carbocycles. The van der Waals surface area contributed by atoms with Crippen LogP contribution in [0.25, 0.3) is 10.9 Å². The molecule has 0 bridgehead atoms. The Morgan fingerprint density at radius 3 is 2.31 bits per heavy atom. The number of nitrogens with zero attached hydrogens (tertiary/aromatic N) is 1. The highest BCUT2D eigenvalue weighted by Crippen LogP contribution is 2.23. The Kier molecular flexibility index (Phi) is 4.80. The molecule has 0 atom stereocenters. The molecule has 0 spiro atoms. The lowest BCUT2D eigenvalue weighted by Gasteiger charge is -2.14. The number of hydrogen-bond donors (Lipinski definition) is 0. The Balaban J connectivity index is 1.98. The molecule has 0 saturated carbocycles. The van der Waals surface area contributed by atoms with Gasteiger partial charge in [0.1, 0.15) is 10.7 Å². The van der Waals surface area contributed by atoms with E-state index in [1.807, 2.05) is 37.3 Å². The smallest absolute Gasteiger partial charge is 0.211 e. The topological polar surface area (TPSA) is 56.1 Å². The summed E-state index contributed by atoms with van der Waals surface area (Å²) in [5.41, 5.74) is 1.61. The quantitative estimate of drug-likeness (QED) is 0.506. The minimum absolute atomic E-state index is 0.0298. The van der Waals surface area contributed by atoms with E-state index < -0.39 is 21.1 Å². The zero-order valence-electron chi connectivity index (χ0n) is 15.7. The van der Waals surface area contributed by atoms with Gasteiger partial charge in [0.2, 0.25) is 15.3 Å². The van der Waals surface area contributed by atoms with Gasteiger partial charge < -0.3 is 4.57 Å². The molecule has 1 heterocycles. The van der Waals surface area contributed by atoms with Crippen LogP contribution in [0.3, 0.4) is 0 Å². The van der Waals surface area contributed by atoms with Crippen LogP contribution < -0.4 is 5.43 Å². The fraction of sp³-hybridized carbons (Fsp3) is 0.0870. The number of rotatable bonds is 4. The molecule has 0 saturated heterocycles. The lowest BCUT2D eigenvalue weighted by Crippen LogP contribution is -2.20. The number of aryl methyl sites for hydroxylation is 1. The summed E-state index contributed by atoms with van der Waals surface area (Å²) in [5.74, 6) is -0.592. The van der Waals surface area contributed by atoms with E-state index in [-0.39, 0.29) is 15.2 Å². The molecule has 146 valence electrons. The van der Waals surface area contributed by atoms with Gasteiger partial charge in [-0.3, -0.25) is 4.79 Å². The van der Waals surface area contributed by atoms with Crippen molar-refractivity contribution in [1.29, 1.82) is 0 Å². The van der Waals surface area contributed by atoms with Crippen molar-refractivity contribution >= 4 is 20.7 Å². The van der Waals surface area contributed by atoms with Crippen molar-refractivity contribution in [2.24, 2.45) is 0 Å². The normalized spacial score (nSPS) is 11.7. The van der Waals surface area contributed by atoms with Crippen molar-refractivity contribution in [1.82, 2.24) is 4.57 Å². The van der Waals surface area contributed by atoms with E-state index in [9.17, 15) is 17.6 Å². The third-order valence-electron chi connectivity index (χ3n) is 4.83. The summed E-state index contributed by atoms with van der Waals surface area (Å²) >= 11 is 0. The highest BCUT2D eigenvalue weighted by molar-refractivity contribution is 7.91. The molecule has 29 heavy (non-hydrogen) atoms. The fourth-order valence-corrected chi connectivity index (χ4v) is 4.66. The Bertz CT molecular complexity index is 1360. The van der Waals surface area contributed by atoms with Crippen molar-refractivity contribution in [2.75, 3.05) is 0 Å². The lowest BCUT2D eigenvalue weighted by atomic mass is 10.1. The van der Waals surface area contributed by atoms with Crippen LogP contribution in [0.1, 0.15) is 11.1 Å². The number of sulfone groups is 1. The minimum atomic E-state index is -4.06. The predicted octanol–water partition coefficient (Wildman–Crippen LogP) is 4.33. The molecular formula is C23H18FNO3S. The van der Waals surface area contributed by atoms with Crippen molar-refractivity contribution in [3.05, 3.63) is 106 Å². The number of benzene rings is 3. The number of fused-ring (bicyclic) bond motifs is 1. The zero-order chi connectivity index (χ0) is 20.6. The zero-order valence-corrected chi connectivity index (χ0v) is 16.5. The summed E-state index contributed by atoms with van der Waals surface area (Å²) < 4.78 is 41.9. The van der Waals surface area contributed by atoms with Gasteiger partial charge in [0.25, 0.3) is 0 Å². The summed E-state index contributed by atoms with van der Waals surface area (Å²) in [6, 6.07) is 19.6. The van der Waals surface area contributed by atoms with E-state index in [1.165, 1.54) is 30.5 Å². The van der Waals surface area contributed by atoms with Gasteiger partial charge in [-0.05, 0) is 42.8 Å². The van der Waals surface area contributed by atoms with Crippen LogP contribution in [0.5, 0.6) is 0 Å². The minimum Gasteiger partial charge on any atom is -0.341 e. The first-order valence-corrected chi connectivity index (χ1v) is 10.5. The van der Waals surface area contributed by atoms with Gasteiger partial charge in [0, 0.05) is 18.1 Å². The highest BCUT2D eigenvalue weighted by Gasteiger charge is 2.24. The van der Waals surface area contributed by atoms with E-state index in [2.05, 4.69) is 0 Å². The standard InChI is InChI=1S/C23H18FNO3S/c1-16-7-10-19(11-8-16)29(27,28)22-15-25(14-17-5-3-2-4-6-17)21-12-9-18(24)13-20(21)23(22)26/h2-13,15H,14H2,1H3. The fourth-order valence-electron chi connectivity index (χ4n) is 3.29. The second-order valence-electron chi connectivity index (χ2n) is 6.91. The van der Waals surface area contributed by atoms with Crippen LogP contribution in [0, 0.1) is 12.7 Å². The van der Waals surface area contributed by atoms with Gasteiger partial charge in [-0.25, -0.2) is 12.8 Å². The summed E-state index contributed by atoms with van der Waals surface area (Å²) in [5, 5.41) is 0.0362. The second kappa shape index (κ2) is 7.29. The predicted molar refractivity (Wildman–Crippen MR) is 110 cm³/mol. The molecular weight excluding hydrogens is 389 g/mol. The van der Waals surface area contributed by atoms with E-state index >= 15 is 0 Å². The third-order valence-corrected chi connectivity index (χ3v) is 6.59. The number of pyridine rings is 1.